The number of nitrogens with one attached hydrogen (secondary N) is 3. The lowest BCUT2D eigenvalue weighted by Crippen LogP contribution is -2.52. The van der Waals surface area contributed by atoms with Crippen LogP contribution < -0.4 is 16.2 Å². The van der Waals surface area contributed by atoms with E-state index in [2.05, 4.69) is 16.2 Å². The van der Waals surface area contributed by atoms with E-state index in [0.29, 0.717) is 6.07 Å². The van der Waals surface area contributed by atoms with Gasteiger partial charge in [-0.3, -0.25) is 20.4 Å². The molecule has 0 radical (unpaired) electrons. The number of alkyl halides is 3. The molecule has 152 valence electrons. The number of carbonyl (C=O) groups excluding carboxylic acids is 2. The summed E-state index contributed by atoms with van der Waals surface area (Å²) in [5.74, 6) is -1.48. The Kier molecular flexibility index (Phi) is 6.80. The Morgan fingerprint density at radius 3 is 2.31 bits per heavy atom. The number of amides is 2. The zero-order valence-electron chi connectivity index (χ0n) is 15.1. The van der Waals surface area contributed by atoms with Crippen LogP contribution in [0.5, 0.6) is 0 Å². The zero-order chi connectivity index (χ0) is 21.6. The van der Waals surface area contributed by atoms with Gasteiger partial charge in [0.25, 0.3) is 11.8 Å². The largest absolute Gasteiger partial charge is 0.417 e. The van der Waals surface area contributed by atoms with Crippen molar-refractivity contribution >= 4 is 17.5 Å². The molecule has 0 spiro atoms. The number of hydrazine groups is 1. The first kappa shape index (κ1) is 21.7. The zero-order valence-corrected chi connectivity index (χ0v) is 15.1. The first-order chi connectivity index (χ1) is 13.6. The predicted molar refractivity (Wildman–Crippen MR) is 97.3 cm³/mol. The first-order valence-corrected chi connectivity index (χ1v) is 8.34. The van der Waals surface area contributed by atoms with Crippen LogP contribution in [0.2, 0.25) is 0 Å². The summed E-state index contributed by atoms with van der Waals surface area (Å²) in [6, 6.07) is 10.9. The lowest BCUT2D eigenvalue weighted by molar-refractivity contribution is -0.137. The Balaban J connectivity index is 2.13. The average Bonchev–Trinajstić information content (AvgIpc) is 2.69. The van der Waals surface area contributed by atoms with Crippen LogP contribution in [-0.4, -0.2) is 29.1 Å². The van der Waals surface area contributed by atoms with Gasteiger partial charge in [0.15, 0.2) is 0 Å². The lowest BCUT2D eigenvalue weighted by atomic mass is 10.1. The van der Waals surface area contributed by atoms with Gasteiger partial charge >= 0.3 is 6.18 Å². The topological polar surface area (TPSA) is 114 Å². The van der Waals surface area contributed by atoms with E-state index in [1.807, 2.05) is 0 Å². The van der Waals surface area contributed by atoms with Gasteiger partial charge in [-0.25, -0.2) is 0 Å². The third kappa shape index (κ3) is 5.70. The standard InChI is InChI=1S/C19H17F3N4O3/c1-11(27)16(18(29)26-25-17(28)12-5-3-2-4-6-12)24-14-8-7-13(10-23)15(9-14)19(20,21)22/h2-9,11,16,24,27H,1H3,(H,25,28)(H,26,29)/t11-,16+/m0/s1. The highest BCUT2D eigenvalue weighted by Crippen LogP contribution is 2.33. The minimum Gasteiger partial charge on any atom is -0.391 e. The molecule has 2 amide bonds. The fourth-order valence-electron chi connectivity index (χ4n) is 2.41. The molecule has 2 aromatic carbocycles. The second-order valence-electron chi connectivity index (χ2n) is 6.04. The maximum absolute atomic E-state index is 13.1. The van der Waals surface area contributed by atoms with E-state index in [1.54, 1.807) is 18.2 Å². The van der Waals surface area contributed by atoms with Crippen LogP contribution in [0.4, 0.5) is 18.9 Å². The number of nitriles is 1. The third-order valence-corrected chi connectivity index (χ3v) is 3.87. The molecular formula is C19H17F3N4O3. The van der Waals surface area contributed by atoms with Gasteiger partial charge < -0.3 is 10.4 Å². The molecule has 0 fully saturated rings. The monoisotopic (exact) mass is 406 g/mol. The molecule has 0 saturated carbocycles. The molecule has 0 saturated heterocycles. The van der Waals surface area contributed by atoms with Crippen LogP contribution in [-0.2, 0) is 11.0 Å². The van der Waals surface area contributed by atoms with Crippen LogP contribution in [0.25, 0.3) is 0 Å². The Morgan fingerprint density at radius 2 is 1.76 bits per heavy atom. The molecule has 0 bridgehead atoms. The quantitative estimate of drug-likeness (QED) is 0.569. The molecular weight excluding hydrogens is 389 g/mol. The Labute approximate surface area is 164 Å². The van der Waals surface area contributed by atoms with Crippen molar-refractivity contribution in [2.24, 2.45) is 0 Å². The molecule has 0 heterocycles. The Bertz CT molecular complexity index is 925. The number of rotatable bonds is 5. The Hall–Kier alpha value is -3.58. The van der Waals surface area contributed by atoms with E-state index in [0.717, 1.165) is 6.07 Å². The van der Waals surface area contributed by atoms with Gasteiger partial charge in [-0.15, -0.1) is 0 Å². The van der Waals surface area contributed by atoms with Gasteiger partial charge in [0.1, 0.15) is 6.04 Å². The molecule has 0 aromatic heterocycles. The molecule has 0 aliphatic carbocycles. The van der Waals surface area contributed by atoms with Crippen molar-refractivity contribution in [3.63, 3.8) is 0 Å². The molecule has 10 heteroatoms. The van der Waals surface area contributed by atoms with E-state index in [1.165, 1.54) is 31.2 Å². The van der Waals surface area contributed by atoms with Crippen molar-refractivity contribution in [1.82, 2.24) is 10.9 Å². The molecule has 4 N–H and O–H groups in total. The second kappa shape index (κ2) is 9.07. The van der Waals surface area contributed by atoms with Crippen molar-refractivity contribution in [2.45, 2.75) is 25.2 Å². The van der Waals surface area contributed by atoms with Gasteiger partial charge in [-0.1, -0.05) is 18.2 Å². The summed E-state index contributed by atoms with van der Waals surface area (Å²) in [4.78, 5) is 24.3. The van der Waals surface area contributed by atoms with Crippen LogP contribution in [0.1, 0.15) is 28.4 Å². The summed E-state index contributed by atoms with van der Waals surface area (Å²) in [5, 5.41) is 21.2. The highest BCUT2D eigenvalue weighted by atomic mass is 19.4. The molecule has 0 aliphatic heterocycles. The van der Waals surface area contributed by atoms with E-state index in [-0.39, 0.29) is 11.3 Å². The normalized spacial score (nSPS) is 13.0. The van der Waals surface area contributed by atoms with Gasteiger partial charge in [0.05, 0.1) is 23.3 Å². The van der Waals surface area contributed by atoms with E-state index in [9.17, 15) is 27.9 Å². The smallest absolute Gasteiger partial charge is 0.391 e. The maximum Gasteiger partial charge on any atom is 0.417 e. The molecule has 0 aliphatic rings. The SMILES string of the molecule is C[C@H](O)[C@@H](Nc1ccc(C#N)c(C(F)(F)F)c1)C(=O)NNC(=O)c1ccccc1. The van der Waals surface area contributed by atoms with Crippen molar-refractivity contribution < 1.29 is 27.9 Å². The molecule has 7 nitrogen and oxygen atoms in total. The highest BCUT2D eigenvalue weighted by Gasteiger charge is 2.34. The first-order valence-electron chi connectivity index (χ1n) is 8.34. The van der Waals surface area contributed by atoms with Crippen molar-refractivity contribution in [2.75, 3.05) is 5.32 Å². The third-order valence-electron chi connectivity index (χ3n) is 3.87. The Morgan fingerprint density at radius 1 is 1.10 bits per heavy atom. The number of hydrogen-bond acceptors (Lipinski definition) is 5. The maximum atomic E-state index is 13.1. The predicted octanol–water partition coefficient (Wildman–Crippen LogP) is 2.20. The summed E-state index contributed by atoms with van der Waals surface area (Å²) in [5.41, 5.74) is 2.67. The highest BCUT2D eigenvalue weighted by molar-refractivity contribution is 5.96. The molecule has 2 aromatic rings. The minimum absolute atomic E-state index is 0.133. The lowest BCUT2D eigenvalue weighted by Gasteiger charge is -2.22. The summed E-state index contributed by atoms with van der Waals surface area (Å²) in [6.45, 7) is 1.25. The average molecular weight is 406 g/mol. The van der Waals surface area contributed by atoms with Crippen molar-refractivity contribution in [3.05, 3.63) is 65.2 Å². The molecule has 2 rings (SSSR count). The number of halogens is 3. The van der Waals surface area contributed by atoms with Crippen LogP contribution in [0.3, 0.4) is 0 Å². The van der Waals surface area contributed by atoms with Gasteiger partial charge in [-0.05, 0) is 37.3 Å². The van der Waals surface area contributed by atoms with Crippen molar-refractivity contribution in [1.29, 1.82) is 5.26 Å². The molecule has 29 heavy (non-hydrogen) atoms. The van der Waals surface area contributed by atoms with Crippen LogP contribution >= 0.6 is 0 Å². The fraction of sp³-hybridized carbons (Fsp3) is 0.211. The van der Waals surface area contributed by atoms with E-state index < -0.39 is 41.3 Å². The van der Waals surface area contributed by atoms with Crippen LogP contribution in [0.15, 0.2) is 48.5 Å². The number of aliphatic hydroxyl groups is 1. The second-order valence-corrected chi connectivity index (χ2v) is 6.04. The van der Waals surface area contributed by atoms with Crippen LogP contribution in [0, 0.1) is 11.3 Å². The minimum atomic E-state index is -4.77. The molecule has 2 atom stereocenters. The number of carbonyl (C=O) groups is 2. The summed E-state index contributed by atoms with van der Waals surface area (Å²) in [6.07, 6.45) is -6.08. The van der Waals surface area contributed by atoms with Crippen molar-refractivity contribution in [3.8, 4) is 6.07 Å². The fourth-order valence-corrected chi connectivity index (χ4v) is 2.41. The number of nitrogens with zero attached hydrogens (tertiary/aromatic N) is 1. The van der Waals surface area contributed by atoms with E-state index >= 15 is 0 Å². The molecule has 0 unspecified atom stereocenters. The van der Waals surface area contributed by atoms with Gasteiger partial charge in [-0.2, -0.15) is 18.4 Å². The summed E-state index contributed by atoms with van der Waals surface area (Å²) < 4.78 is 39.3. The summed E-state index contributed by atoms with van der Waals surface area (Å²) >= 11 is 0. The van der Waals surface area contributed by atoms with Gasteiger partial charge in [0.2, 0.25) is 0 Å². The number of aliphatic hydroxyl groups excluding tert-OH is 1. The summed E-state index contributed by atoms with van der Waals surface area (Å²) in [7, 11) is 0. The van der Waals surface area contributed by atoms with E-state index in [4.69, 9.17) is 5.26 Å². The number of anilines is 1. The number of hydrogen-bond donors (Lipinski definition) is 4. The van der Waals surface area contributed by atoms with Gasteiger partial charge in [0, 0.05) is 11.3 Å². The number of benzene rings is 2.